The lowest BCUT2D eigenvalue weighted by molar-refractivity contribution is 0.395. The molecule has 0 saturated heterocycles. The number of aromatic hydroxyl groups is 1. The van der Waals surface area contributed by atoms with Gasteiger partial charge in [0.1, 0.15) is 16.5 Å². The number of nitrogens with zero attached hydrogens (tertiary/aromatic N) is 1. The first-order valence-corrected chi connectivity index (χ1v) is 7.79. The molecule has 0 radical (unpaired) electrons. The minimum absolute atomic E-state index is 0.102. The number of phenols is 1. The van der Waals surface area contributed by atoms with Crippen molar-refractivity contribution in [2.45, 2.75) is 17.9 Å². The van der Waals surface area contributed by atoms with E-state index in [4.69, 9.17) is 0 Å². The average molecular weight is 309 g/mol. The van der Waals surface area contributed by atoms with Gasteiger partial charge in [-0.3, -0.25) is 0 Å². The third-order valence-electron chi connectivity index (χ3n) is 3.41. The summed E-state index contributed by atoms with van der Waals surface area (Å²) in [5, 5.41) is 9.27. The maximum absolute atomic E-state index is 13.7. The van der Waals surface area contributed by atoms with E-state index in [9.17, 15) is 17.9 Å². The molecular formula is C15H16FNO3S. The molecule has 0 saturated carbocycles. The molecule has 0 heterocycles. The minimum Gasteiger partial charge on any atom is -0.508 e. The second-order valence-corrected chi connectivity index (χ2v) is 6.69. The van der Waals surface area contributed by atoms with Gasteiger partial charge in [0.15, 0.2) is 0 Å². The summed E-state index contributed by atoms with van der Waals surface area (Å²) in [6.07, 6.45) is 0. The largest absolute Gasteiger partial charge is 0.508 e. The van der Waals surface area contributed by atoms with E-state index in [1.165, 1.54) is 37.4 Å². The zero-order chi connectivity index (χ0) is 15.6. The van der Waals surface area contributed by atoms with E-state index in [2.05, 4.69) is 0 Å². The Kier molecular flexibility index (Phi) is 4.29. The molecule has 1 N–H and O–H groups in total. The van der Waals surface area contributed by atoms with Crippen molar-refractivity contribution < 1.29 is 17.9 Å². The molecule has 0 aliphatic carbocycles. The van der Waals surface area contributed by atoms with Gasteiger partial charge in [-0.2, -0.15) is 4.31 Å². The van der Waals surface area contributed by atoms with E-state index in [0.717, 1.165) is 10.4 Å². The summed E-state index contributed by atoms with van der Waals surface area (Å²) in [6, 6.07) is 11.0. The Hall–Kier alpha value is -1.92. The Balaban J connectivity index is 2.36. The maximum Gasteiger partial charge on any atom is 0.246 e. The molecule has 112 valence electrons. The molecule has 6 heteroatoms. The van der Waals surface area contributed by atoms with E-state index in [-0.39, 0.29) is 10.6 Å². The highest BCUT2D eigenvalue weighted by atomic mass is 32.2. The highest BCUT2D eigenvalue weighted by molar-refractivity contribution is 7.89. The van der Waals surface area contributed by atoms with Crippen molar-refractivity contribution in [2.75, 3.05) is 7.05 Å². The van der Waals surface area contributed by atoms with Crippen LogP contribution in [0, 0.1) is 5.82 Å². The molecule has 0 spiro atoms. The molecule has 2 aromatic rings. The summed E-state index contributed by atoms with van der Waals surface area (Å²) in [5.41, 5.74) is 0.704. The summed E-state index contributed by atoms with van der Waals surface area (Å²) < 4.78 is 39.8. The number of hydrogen-bond acceptors (Lipinski definition) is 3. The van der Waals surface area contributed by atoms with Crippen LogP contribution in [0.4, 0.5) is 4.39 Å². The van der Waals surface area contributed by atoms with E-state index in [1.807, 2.05) is 0 Å². The van der Waals surface area contributed by atoms with Crippen molar-refractivity contribution >= 4 is 10.0 Å². The van der Waals surface area contributed by atoms with Crippen LogP contribution in [0.5, 0.6) is 5.75 Å². The summed E-state index contributed by atoms with van der Waals surface area (Å²) >= 11 is 0. The van der Waals surface area contributed by atoms with E-state index < -0.39 is 21.9 Å². The van der Waals surface area contributed by atoms with E-state index in [1.54, 1.807) is 19.1 Å². The smallest absolute Gasteiger partial charge is 0.246 e. The van der Waals surface area contributed by atoms with Crippen LogP contribution in [0.1, 0.15) is 18.5 Å². The molecule has 2 aromatic carbocycles. The van der Waals surface area contributed by atoms with Gasteiger partial charge in [-0.1, -0.05) is 24.3 Å². The van der Waals surface area contributed by atoms with Crippen molar-refractivity contribution in [1.29, 1.82) is 0 Å². The number of hydrogen-bond donors (Lipinski definition) is 1. The van der Waals surface area contributed by atoms with Crippen LogP contribution in [0.3, 0.4) is 0 Å². The lowest BCUT2D eigenvalue weighted by Gasteiger charge is -2.25. The van der Waals surface area contributed by atoms with E-state index >= 15 is 0 Å². The Morgan fingerprint density at radius 1 is 1.10 bits per heavy atom. The fraction of sp³-hybridized carbons (Fsp3) is 0.200. The normalized spacial score (nSPS) is 13.3. The zero-order valence-corrected chi connectivity index (χ0v) is 12.5. The molecule has 1 unspecified atom stereocenters. The van der Waals surface area contributed by atoms with Gasteiger partial charge in [0.05, 0.1) is 0 Å². The molecule has 2 rings (SSSR count). The summed E-state index contributed by atoms with van der Waals surface area (Å²) in [4.78, 5) is -0.349. The molecular weight excluding hydrogens is 293 g/mol. The zero-order valence-electron chi connectivity index (χ0n) is 11.7. The Bertz CT molecular complexity index is 729. The second-order valence-electron chi connectivity index (χ2n) is 4.72. The van der Waals surface area contributed by atoms with Gasteiger partial charge in [-0.25, -0.2) is 12.8 Å². The Labute approximate surface area is 123 Å². The van der Waals surface area contributed by atoms with Gasteiger partial charge < -0.3 is 5.11 Å². The summed E-state index contributed by atoms with van der Waals surface area (Å²) in [7, 11) is -2.53. The lowest BCUT2D eigenvalue weighted by atomic mass is 10.1. The predicted molar refractivity (Wildman–Crippen MR) is 77.9 cm³/mol. The maximum atomic E-state index is 13.7. The molecule has 0 amide bonds. The van der Waals surface area contributed by atoms with Gasteiger partial charge in [0, 0.05) is 13.1 Å². The van der Waals surface area contributed by atoms with E-state index in [0.29, 0.717) is 5.56 Å². The molecule has 4 nitrogen and oxygen atoms in total. The van der Waals surface area contributed by atoms with Gasteiger partial charge in [0.25, 0.3) is 0 Å². The van der Waals surface area contributed by atoms with Gasteiger partial charge in [-0.15, -0.1) is 0 Å². The molecule has 0 aromatic heterocycles. The Morgan fingerprint density at radius 3 is 2.24 bits per heavy atom. The number of sulfonamides is 1. The standard InChI is InChI=1S/C15H16FNO3S/c1-11(12-7-9-13(18)10-8-12)17(2)21(19,20)15-6-4-3-5-14(15)16/h3-11,18H,1-2H3. The third kappa shape index (κ3) is 3.06. The first-order valence-electron chi connectivity index (χ1n) is 6.35. The van der Waals surface area contributed by atoms with Gasteiger partial charge in [0.2, 0.25) is 10.0 Å². The number of benzene rings is 2. The number of halogens is 1. The Morgan fingerprint density at radius 2 is 1.67 bits per heavy atom. The highest BCUT2D eigenvalue weighted by Gasteiger charge is 2.28. The average Bonchev–Trinajstić information content (AvgIpc) is 2.46. The number of phenolic OH excluding ortho intramolecular Hbond substituents is 1. The van der Waals surface area contributed by atoms with Crippen LogP contribution in [-0.2, 0) is 10.0 Å². The monoisotopic (exact) mass is 309 g/mol. The fourth-order valence-corrected chi connectivity index (χ4v) is 3.39. The first-order chi connectivity index (χ1) is 9.84. The van der Waals surface area contributed by atoms with Crippen LogP contribution in [0.25, 0.3) is 0 Å². The molecule has 21 heavy (non-hydrogen) atoms. The van der Waals surface area contributed by atoms with Gasteiger partial charge >= 0.3 is 0 Å². The minimum atomic E-state index is -3.93. The SMILES string of the molecule is CC(c1ccc(O)cc1)N(C)S(=O)(=O)c1ccccc1F. The second kappa shape index (κ2) is 5.83. The summed E-state index contributed by atoms with van der Waals surface area (Å²) in [5.74, 6) is -0.673. The highest BCUT2D eigenvalue weighted by Crippen LogP contribution is 2.27. The van der Waals surface area contributed by atoms with Crippen LogP contribution < -0.4 is 0 Å². The third-order valence-corrected chi connectivity index (χ3v) is 5.38. The van der Waals surface area contributed by atoms with Crippen LogP contribution in [-0.4, -0.2) is 24.9 Å². The predicted octanol–water partition coefficient (Wildman–Crippen LogP) is 2.91. The topological polar surface area (TPSA) is 57.6 Å². The lowest BCUT2D eigenvalue weighted by Crippen LogP contribution is -2.30. The summed E-state index contributed by atoms with van der Waals surface area (Å²) in [6.45, 7) is 1.70. The van der Waals surface area contributed by atoms with Crippen LogP contribution >= 0.6 is 0 Å². The van der Waals surface area contributed by atoms with Crippen molar-refractivity contribution in [3.8, 4) is 5.75 Å². The fourth-order valence-electron chi connectivity index (χ4n) is 1.98. The molecule has 1 atom stereocenters. The van der Waals surface area contributed by atoms with Crippen molar-refractivity contribution in [1.82, 2.24) is 4.31 Å². The van der Waals surface area contributed by atoms with Crippen LogP contribution in [0.2, 0.25) is 0 Å². The van der Waals surface area contributed by atoms with Crippen molar-refractivity contribution in [3.63, 3.8) is 0 Å². The molecule has 0 aliphatic heterocycles. The number of rotatable bonds is 4. The van der Waals surface area contributed by atoms with Crippen molar-refractivity contribution in [3.05, 3.63) is 59.9 Å². The molecule has 0 aliphatic rings. The van der Waals surface area contributed by atoms with Crippen LogP contribution in [0.15, 0.2) is 53.4 Å². The molecule has 0 fully saturated rings. The van der Waals surface area contributed by atoms with Crippen molar-refractivity contribution in [2.24, 2.45) is 0 Å². The van der Waals surface area contributed by atoms with Gasteiger partial charge in [-0.05, 0) is 36.8 Å². The quantitative estimate of drug-likeness (QED) is 0.944. The first kappa shape index (κ1) is 15.5. The molecule has 0 bridgehead atoms.